The van der Waals surface area contributed by atoms with Crippen LogP contribution in [-0.2, 0) is 19.5 Å². The summed E-state index contributed by atoms with van der Waals surface area (Å²) in [5.74, 6) is 2.42. The summed E-state index contributed by atoms with van der Waals surface area (Å²) >= 11 is 5.88. The summed E-state index contributed by atoms with van der Waals surface area (Å²) in [6, 6.07) is 5.62. The summed E-state index contributed by atoms with van der Waals surface area (Å²) in [4.78, 5) is 4.09. The van der Waals surface area contributed by atoms with Crippen LogP contribution in [0.4, 0.5) is 0 Å². The number of rotatable bonds is 5. The van der Waals surface area contributed by atoms with Gasteiger partial charge in [0.1, 0.15) is 12.9 Å². The average molecular weight is 268 g/mol. The summed E-state index contributed by atoms with van der Waals surface area (Å²) in [6.45, 7) is 0.320. The van der Waals surface area contributed by atoms with Crippen LogP contribution in [0.15, 0.2) is 24.5 Å². The number of benzene rings is 1. The van der Waals surface area contributed by atoms with Gasteiger partial charge < -0.3 is 9.47 Å². The fourth-order valence-corrected chi connectivity index (χ4v) is 1.79. The van der Waals surface area contributed by atoms with Gasteiger partial charge in [-0.2, -0.15) is 5.10 Å². The highest BCUT2D eigenvalue weighted by atomic mass is 35.5. The number of aryl methyl sites for hydroxylation is 1. The van der Waals surface area contributed by atoms with Crippen LogP contribution in [0, 0.1) is 0 Å². The standard InChI is InChI=1S/C12H14ClN3O2/c1-16-11(14-8-15-16)7-18-12-9(6-13)4-3-5-10(12)17-2/h3-5,8H,6-7H2,1-2H3. The molecule has 0 radical (unpaired) electrons. The lowest BCUT2D eigenvalue weighted by Gasteiger charge is -2.13. The Hall–Kier alpha value is -1.75. The lowest BCUT2D eigenvalue weighted by Crippen LogP contribution is -2.06. The van der Waals surface area contributed by atoms with E-state index in [1.165, 1.54) is 6.33 Å². The van der Waals surface area contributed by atoms with Crippen molar-refractivity contribution in [3.63, 3.8) is 0 Å². The molecular weight excluding hydrogens is 254 g/mol. The Morgan fingerprint density at radius 2 is 2.22 bits per heavy atom. The van der Waals surface area contributed by atoms with E-state index in [-0.39, 0.29) is 0 Å². The molecule has 0 spiro atoms. The van der Waals surface area contributed by atoms with Gasteiger partial charge in [-0.25, -0.2) is 4.98 Å². The molecule has 0 amide bonds. The van der Waals surface area contributed by atoms with E-state index in [4.69, 9.17) is 21.1 Å². The minimum atomic E-state index is 0.320. The zero-order chi connectivity index (χ0) is 13.0. The van der Waals surface area contributed by atoms with Crippen molar-refractivity contribution in [2.24, 2.45) is 7.05 Å². The molecule has 0 N–H and O–H groups in total. The van der Waals surface area contributed by atoms with Crippen LogP contribution in [0.2, 0.25) is 0 Å². The van der Waals surface area contributed by atoms with Gasteiger partial charge in [0.2, 0.25) is 0 Å². The molecule has 2 rings (SSSR count). The molecule has 0 saturated carbocycles. The first-order chi connectivity index (χ1) is 8.76. The monoisotopic (exact) mass is 267 g/mol. The summed E-state index contributed by atoms with van der Waals surface area (Å²) in [7, 11) is 3.42. The van der Waals surface area contributed by atoms with Crippen molar-refractivity contribution in [1.29, 1.82) is 0 Å². The Labute approximate surface area is 110 Å². The van der Waals surface area contributed by atoms with Gasteiger partial charge in [-0.3, -0.25) is 4.68 Å². The molecule has 0 aliphatic heterocycles. The molecule has 0 fully saturated rings. The molecule has 5 nitrogen and oxygen atoms in total. The predicted molar refractivity (Wildman–Crippen MR) is 67.9 cm³/mol. The molecule has 2 aromatic rings. The number of para-hydroxylation sites is 1. The molecule has 1 aromatic carbocycles. The zero-order valence-electron chi connectivity index (χ0n) is 10.3. The molecule has 96 valence electrons. The van der Waals surface area contributed by atoms with Gasteiger partial charge >= 0.3 is 0 Å². The molecule has 0 aliphatic carbocycles. The lowest BCUT2D eigenvalue weighted by molar-refractivity contribution is 0.269. The van der Waals surface area contributed by atoms with Gasteiger partial charge in [0.25, 0.3) is 0 Å². The van der Waals surface area contributed by atoms with Gasteiger partial charge in [0.05, 0.1) is 13.0 Å². The highest BCUT2D eigenvalue weighted by Gasteiger charge is 2.11. The second-order valence-corrected chi connectivity index (χ2v) is 3.94. The molecule has 6 heteroatoms. The highest BCUT2D eigenvalue weighted by molar-refractivity contribution is 6.17. The van der Waals surface area contributed by atoms with Crippen molar-refractivity contribution in [2.75, 3.05) is 7.11 Å². The van der Waals surface area contributed by atoms with Crippen molar-refractivity contribution < 1.29 is 9.47 Å². The van der Waals surface area contributed by atoms with Gasteiger partial charge in [0.15, 0.2) is 17.3 Å². The number of alkyl halides is 1. The minimum Gasteiger partial charge on any atom is -0.493 e. The average Bonchev–Trinajstić information content (AvgIpc) is 2.81. The Morgan fingerprint density at radius 1 is 1.39 bits per heavy atom. The number of halogens is 1. The Morgan fingerprint density at radius 3 is 2.83 bits per heavy atom. The van der Waals surface area contributed by atoms with E-state index in [0.717, 1.165) is 11.4 Å². The van der Waals surface area contributed by atoms with Crippen LogP contribution < -0.4 is 9.47 Å². The molecule has 0 aliphatic rings. The fourth-order valence-electron chi connectivity index (χ4n) is 1.58. The van der Waals surface area contributed by atoms with Gasteiger partial charge in [-0.15, -0.1) is 11.6 Å². The second-order valence-electron chi connectivity index (χ2n) is 3.67. The highest BCUT2D eigenvalue weighted by Crippen LogP contribution is 2.32. The maximum Gasteiger partial charge on any atom is 0.166 e. The molecule has 18 heavy (non-hydrogen) atoms. The van der Waals surface area contributed by atoms with Crippen molar-refractivity contribution >= 4 is 11.6 Å². The van der Waals surface area contributed by atoms with E-state index in [9.17, 15) is 0 Å². The lowest BCUT2D eigenvalue weighted by atomic mass is 10.2. The van der Waals surface area contributed by atoms with Crippen LogP contribution in [0.25, 0.3) is 0 Å². The molecule has 0 saturated heterocycles. The van der Waals surface area contributed by atoms with E-state index in [0.29, 0.717) is 24.0 Å². The van der Waals surface area contributed by atoms with Gasteiger partial charge in [0, 0.05) is 12.6 Å². The third-order valence-electron chi connectivity index (χ3n) is 2.58. The Bertz CT molecular complexity index is 506. The minimum absolute atomic E-state index is 0.320. The zero-order valence-corrected chi connectivity index (χ0v) is 11.0. The number of methoxy groups -OCH3 is 1. The van der Waals surface area contributed by atoms with Crippen LogP contribution in [-0.4, -0.2) is 21.9 Å². The maximum absolute atomic E-state index is 5.88. The van der Waals surface area contributed by atoms with Crippen molar-refractivity contribution in [1.82, 2.24) is 14.8 Å². The number of hydrogen-bond donors (Lipinski definition) is 0. The second kappa shape index (κ2) is 5.73. The van der Waals surface area contributed by atoms with E-state index in [1.54, 1.807) is 11.8 Å². The summed E-state index contributed by atoms with van der Waals surface area (Å²) in [5, 5.41) is 3.98. The van der Waals surface area contributed by atoms with E-state index in [1.807, 2.05) is 25.2 Å². The molecule has 0 atom stereocenters. The predicted octanol–water partition coefficient (Wildman–Crippen LogP) is 2.14. The molecular formula is C12H14ClN3O2. The molecule has 0 unspecified atom stereocenters. The Balaban J connectivity index is 2.20. The van der Waals surface area contributed by atoms with Crippen molar-refractivity contribution in [3.8, 4) is 11.5 Å². The summed E-state index contributed by atoms with van der Waals surface area (Å²) < 4.78 is 12.7. The van der Waals surface area contributed by atoms with Crippen LogP contribution in [0.3, 0.4) is 0 Å². The third-order valence-corrected chi connectivity index (χ3v) is 2.86. The first-order valence-electron chi connectivity index (χ1n) is 5.43. The maximum atomic E-state index is 5.88. The quantitative estimate of drug-likeness (QED) is 0.779. The topological polar surface area (TPSA) is 49.2 Å². The third kappa shape index (κ3) is 2.56. The van der Waals surface area contributed by atoms with Crippen LogP contribution >= 0.6 is 11.6 Å². The van der Waals surface area contributed by atoms with Crippen molar-refractivity contribution in [3.05, 3.63) is 35.9 Å². The van der Waals surface area contributed by atoms with Crippen LogP contribution in [0.5, 0.6) is 11.5 Å². The first-order valence-corrected chi connectivity index (χ1v) is 5.97. The van der Waals surface area contributed by atoms with E-state index in [2.05, 4.69) is 10.1 Å². The normalized spacial score (nSPS) is 10.4. The number of nitrogens with zero attached hydrogens (tertiary/aromatic N) is 3. The summed E-state index contributed by atoms with van der Waals surface area (Å²) in [6.07, 6.45) is 1.49. The smallest absolute Gasteiger partial charge is 0.166 e. The van der Waals surface area contributed by atoms with Crippen molar-refractivity contribution in [2.45, 2.75) is 12.5 Å². The number of hydrogen-bond acceptors (Lipinski definition) is 4. The first kappa shape index (κ1) is 12.7. The van der Waals surface area contributed by atoms with Crippen LogP contribution in [0.1, 0.15) is 11.4 Å². The molecule has 1 heterocycles. The SMILES string of the molecule is COc1cccc(CCl)c1OCc1ncnn1C. The number of aromatic nitrogens is 3. The molecule has 0 bridgehead atoms. The largest absolute Gasteiger partial charge is 0.493 e. The Kier molecular flexibility index (Phi) is 4.04. The van der Waals surface area contributed by atoms with Gasteiger partial charge in [-0.05, 0) is 6.07 Å². The number of ether oxygens (including phenoxy) is 2. The fraction of sp³-hybridized carbons (Fsp3) is 0.333. The van der Waals surface area contributed by atoms with E-state index < -0.39 is 0 Å². The van der Waals surface area contributed by atoms with E-state index >= 15 is 0 Å². The molecule has 1 aromatic heterocycles. The summed E-state index contributed by atoms with van der Waals surface area (Å²) in [5.41, 5.74) is 0.887. The van der Waals surface area contributed by atoms with Gasteiger partial charge in [-0.1, -0.05) is 12.1 Å².